The highest BCUT2D eigenvalue weighted by Crippen LogP contribution is 2.12. The molecule has 0 aromatic heterocycles. The Morgan fingerprint density at radius 1 is 1.24 bits per heavy atom. The molecular formula is C12H20N2O2S. The maximum atomic E-state index is 11.7. The number of rotatable bonds is 7. The van der Waals surface area contributed by atoms with Crippen molar-refractivity contribution in [3.8, 4) is 0 Å². The molecule has 4 nitrogen and oxygen atoms in total. The van der Waals surface area contributed by atoms with Gasteiger partial charge < -0.3 is 5.32 Å². The van der Waals surface area contributed by atoms with Gasteiger partial charge in [0.05, 0.1) is 5.75 Å². The predicted octanol–water partition coefficient (Wildman–Crippen LogP) is 1.74. The van der Waals surface area contributed by atoms with Crippen molar-refractivity contribution in [2.45, 2.75) is 19.8 Å². The molecule has 0 spiro atoms. The van der Waals surface area contributed by atoms with Crippen LogP contribution in [-0.4, -0.2) is 27.8 Å². The summed E-state index contributed by atoms with van der Waals surface area (Å²) in [5, 5.41) is 3.00. The van der Waals surface area contributed by atoms with Crippen molar-refractivity contribution in [3.05, 3.63) is 29.8 Å². The molecule has 1 aromatic carbocycles. The minimum absolute atomic E-state index is 0.169. The first-order chi connectivity index (χ1) is 8.03. The smallest absolute Gasteiger partial charge is 0.232 e. The highest BCUT2D eigenvalue weighted by Gasteiger charge is 2.09. The zero-order chi connectivity index (χ0) is 12.7. The first kappa shape index (κ1) is 14.0. The Kier molecular flexibility index (Phi) is 5.44. The van der Waals surface area contributed by atoms with Crippen LogP contribution < -0.4 is 10.0 Å². The van der Waals surface area contributed by atoms with E-state index in [1.54, 1.807) is 6.07 Å². The van der Waals surface area contributed by atoms with Crippen LogP contribution in [0.4, 0.5) is 5.69 Å². The number of anilines is 1. The molecule has 0 saturated heterocycles. The van der Waals surface area contributed by atoms with Gasteiger partial charge in [0.25, 0.3) is 0 Å². The number of sulfonamides is 1. The third-order valence-electron chi connectivity index (χ3n) is 2.38. The molecule has 0 saturated carbocycles. The quantitative estimate of drug-likeness (QED) is 0.731. The fraction of sp³-hybridized carbons (Fsp3) is 0.500. The molecule has 0 aliphatic heterocycles. The van der Waals surface area contributed by atoms with E-state index in [4.69, 9.17) is 0 Å². The van der Waals surface area contributed by atoms with E-state index in [0.717, 1.165) is 18.5 Å². The van der Waals surface area contributed by atoms with Gasteiger partial charge in [0.15, 0.2) is 0 Å². The highest BCUT2D eigenvalue weighted by atomic mass is 32.2. The van der Waals surface area contributed by atoms with E-state index in [9.17, 15) is 8.42 Å². The lowest BCUT2D eigenvalue weighted by molar-refractivity contribution is 0.595. The minimum Gasteiger partial charge on any atom is -0.320 e. The number of hydrogen-bond acceptors (Lipinski definition) is 3. The SMILES string of the molecule is CNCCCCS(=O)(=O)Nc1cccc(C)c1. The van der Waals surface area contributed by atoms with Gasteiger partial charge in [0.1, 0.15) is 0 Å². The van der Waals surface area contributed by atoms with Gasteiger partial charge in [0.2, 0.25) is 10.0 Å². The second kappa shape index (κ2) is 6.61. The van der Waals surface area contributed by atoms with E-state index in [1.807, 2.05) is 32.2 Å². The molecule has 0 unspecified atom stereocenters. The summed E-state index contributed by atoms with van der Waals surface area (Å²) in [6.45, 7) is 2.78. The molecule has 5 heteroatoms. The summed E-state index contributed by atoms with van der Waals surface area (Å²) in [5.41, 5.74) is 1.68. The number of unbranched alkanes of at least 4 members (excludes halogenated alkanes) is 1. The van der Waals surface area contributed by atoms with Crippen LogP contribution in [0.5, 0.6) is 0 Å². The van der Waals surface area contributed by atoms with Gasteiger partial charge in [-0.3, -0.25) is 4.72 Å². The Morgan fingerprint density at radius 2 is 2.00 bits per heavy atom. The van der Waals surface area contributed by atoms with Crippen molar-refractivity contribution >= 4 is 15.7 Å². The van der Waals surface area contributed by atoms with Crippen molar-refractivity contribution in [1.29, 1.82) is 0 Å². The van der Waals surface area contributed by atoms with Crippen molar-refractivity contribution in [3.63, 3.8) is 0 Å². The Bertz CT molecular complexity index is 444. The largest absolute Gasteiger partial charge is 0.320 e. The van der Waals surface area contributed by atoms with Crippen LogP contribution in [0.3, 0.4) is 0 Å². The second-order valence-corrected chi connectivity index (χ2v) is 5.94. The maximum Gasteiger partial charge on any atom is 0.232 e. The fourth-order valence-electron chi connectivity index (χ4n) is 1.53. The number of benzene rings is 1. The summed E-state index contributed by atoms with van der Waals surface area (Å²) in [5.74, 6) is 0.169. The standard InChI is InChI=1S/C12H20N2O2S/c1-11-6-5-7-12(10-11)14-17(15,16)9-4-3-8-13-2/h5-7,10,13-14H,3-4,8-9H2,1-2H3. The molecule has 0 aliphatic rings. The monoisotopic (exact) mass is 256 g/mol. The van der Waals surface area contributed by atoms with Crippen LogP contribution in [0.15, 0.2) is 24.3 Å². The van der Waals surface area contributed by atoms with Crippen molar-refractivity contribution < 1.29 is 8.42 Å². The molecular weight excluding hydrogens is 236 g/mol. The zero-order valence-corrected chi connectivity index (χ0v) is 11.2. The van der Waals surface area contributed by atoms with Crippen molar-refractivity contribution in [2.24, 2.45) is 0 Å². The van der Waals surface area contributed by atoms with Crippen molar-refractivity contribution in [1.82, 2.24) is 5.32 Å². The van der Waals surface area contributed by atoms with Crippen LogP contribution in [0.25, 0.3) is 0 Å². The Hall–Kier alpha value is -1.07. The molecule has 0 bridgehead atoms. The molecule has 1 rings (SSSR count). The number of nitrogens with one attached hydrogen (secondary N) is 2. The molecule has 17 heavy (non-hydrogen) atoms. The normalized spacial score (nSPS) is 11.4. The average Bonchev–Trinajstić information content (AvgIpc) is 2.24. The predicted molar refractivity (Wildman–Crippen MR) is 71.7 cm³/mol. The van der Waals surface area contributed by atoms with Crippen LogP contribution >= 0.6 is 0 Å². The lowest BCUT2D eigenvalue weighted by Crippen LogP contribution is -2.18. The zero-order valence-electron chi connectivity index (χ0n) is 10.4. The van der Waals surface area contributed by atoms with Gasteiger partial charge in [-0.2, -0.15) is 0 Å². The molecule has 0 radical (unpaired) electrons. The summed E-state index contributed by atoms with van der Waals surface area (Å²) >= 11 is 0. The summed E-state index contributed by atoms with van der Waals surface area (Å²) in [6.07, 6.45) is 1.53. The molecule has 2 N–H and O–H groups in total. The minimum atomic E-state index is -3.21. The summed E-state index contributed by atoms with van der Waals surface area (Å²) in [6, 6.07) is 7.36. The van der Waals surface area contributed by atoms with Gasteiger partial charge in [-0.25, -0.2) is 8.42 Å². The summed E-state index contributed by atoms with van der Waals surface area (Å²) in [4.78, 5) is 0. The maximum absolute atomic E-state index is 11.7. The number of aryl methyl sites for hydroxylation is 1. The van der Waals surface area contributed by atoms with Gasteiger partial charge in [-0.1, -0.05) is 12.1 Å². The molecule has 0 amide bonds. The number of hydrogen-bond donors (Lipinski definition) is 2. The molecule has 0 aliphatic carbocycles. The van der Waals surface area contributed by atoms with Crippen LogP contribution in [-0.2, 0) is 10.0 Å². The first-order valence-electron chi connectivity index (χ1n) is 5.75. The Labute approximate surface area is 103 Å². The van der Waals surface area contributed by atoms with E-state index < -0.39 is 10.0 Å². The topological polar surface area (TPSA) is 58.2 Å². The molecule has 96 valence electrons. The average molecular weight is 256 g/mol. The van der Waals surface area contributed by atoms with Gasteiger partial charge in [-0.05, 0) is 51.1 Å². The van der Waals surface area contributed by atoms with Gasteiger partial charge >= 0.3 is 0 Å². The molecule has 1 aromatic rings. The van der Waals surface area contributed by atoms with E-state index in [0.29, 0.717) is 12.1 Å². The van der Waals surface area contributed by atoms with Crippen molar-refractivity contribution in [2.75, 3.05) is 24.1 Å². The second-order valence-electron chi connectivity index (χ2n) is 4.10. The van der Waals surface area contributed by atoms with Gasteiger partial charge in [-0.15, -0.1) is 0 Å². The van der Waals surface area contributed by atoms with Gasteiger partial charge in [0, 0.05) is 5.69 Å². The Morgan fingerprint density at radius 3 is 2.65 bits per heavy atom. The molecule has 0 atom stereocenters. The van der Waals surface area contributed by atoms with Crippen LogP contribution in [0.2, 0.25) is 0 Å². The lowest BCUT2D eigenvalue weighted by atomic mass is 10.2. The van der Waals surface area contributed by atoms with E-state index >= 15 is 0 Å². The third-order valence-corrected chi connectivity index (χ3v) is 3.75. The fourth-order valence-corrected chi connectivity index (χ4v) is 2.71. The highest BCUT2D eigenvalue weighted by molar-refractivity contribution is 7.92. The van der Waals surface area contributed by atoms with Crippen LogP contribution in [0, 0.1) is 6.92 Å². The Balaban J connectivity index is 2.49. The lowest BCUT2D eigenvalue weighted by Gasteiger charge is -2.08. The summed E-state index contributed by atoms with van der Waals surface area (Å²) < 4.78 is 26.1. The van der Waals surface area contributed by atoms with E-state index in [-0.39, 0.29) is 5.75 Å². The van der Waals surface area contributed by atoms with E-state index in [2.05, 4.69) is 10.0 Å². The third kappa shape index (κ3) is 5.70. The first-order valence-corrected chi connectivity index (χ1v) is 7.40. The van der Waals surface area contributed by atoms with Crippen LogP contribution in [0.1, 0.15) is 18.4 Å². The van der Waals surface area contributed by atoms with E-state index in [1.165, 1.54) is 0 Å². The molecule has 0 fully saturated rings. The molecule has 0 heterocycles. The summed E-state index contributed by atoms with van der Waals surface area (Å²) in [7, 11) is -1.35.